The Morgan fingerprint density at radius 2 is 2.04 bits per heavy atom. The zero-order valence-electron chi connectivity index (χ0n) is 13.5. The summed E-state index contributed by atoms with van der Waals surface area (Å²) >= 11 is 6.43. The van der Waals surface area contributed by atoms with Crippen molar-refractivity contribution in [2.45, 2.75) is 32.3 Å². The van der Waals surface area contributed by atoms with Crippen LogP contribution in [0.2, 0.25) is 5.02 Å². The molecule has 0 aliphatic rings. The average molecular weight is 337 g/mol. The first-order valence-electron chi connectivity index (χ1n) is 7.39. The smallest absolute Gasteiger partial charge is 0.407 e. The van der Waals surface area contributed by atoms with Gasteiger partial charge < -0.3 is 15.8 Å². The van der Waals surface area contributed by atoms with Crippen LogP contribution in [-0.4, -0.2) is 35.0 Å². The number of carbonyl (C=O) groups is 1. The molecule has 1 amide bonds. The topological polar surface area (TPSA) is 90.1 Å². The van der Waals surface area contributed by atoms with Crippen LogP contribution in [-0.2, 0) is 4.74 Å². The minimum atomic E-state index is -0.553. The molecule has 0 radical (unpaired) electrons. The lowest BCUT2D eigenvalue weighted by Gasteiger charge is -2.21. The van der Waals surface area contributed by atoms with Crippen LogP contribution >= 0.6 is 11.6 Å². The first-order valence-corrected chi connectivity index (χ1v) is 7.77. The third kappa shape index (κ3) is 4.53. The maximum atomic E-state index is 11.8. The van der Waals surface area contributed by atoms with Gasteiger partial charge in [-0.1, -0.05) is 29.8 Å². The highest BCUT2D eigenvalue weighted by atomic mass is 35.5. The third-order valence-corrected chi connectivity index (χ3v) is 3.59. The van der Waals surface area contributed by atoms with Crippen molar-refractivity contribution in [3.63, 3.8) is 0 Å². The number of hydrogen-bond donors (Lipinski definition) is 2. The van der Waals surface area contributed by atoms with Gasteiger partial charge in [-0.15, -0.1) is 0 Å². The molecule has 1 heterocycles. The maximum absolute atomic E-state index is 11.8. The molecule has 0 saturated heterocycles. The monoisotopic (exact) mass is 336 g/mol. The van der Waals surface area contributed by atoms with Crippen molar-refractivity contribution >= 4 is 28.6 Å². The van der Waals surface area contributed by atoms with E-state index in [0.717, 1.165) is 10.9 Å². The quantitative estimate of drug-likeness (QED) is 0.896. The molecule has 1 aromatic heterocycles. The Morgan fingerprint density at radius 1 is 1.35 bits per heavy atom. The van der Waals surface area contributed by atoms with E-state index in [1.165, 1.54) is 0 Å². The van der Waals surface area contributed by atoms with E-state index in [4.69, 9.17) is 22.1 Å². The molecule has 3 N–H and O–H groups in total. The molecule has 0 spiro atoms. The Hall–Kier alpha value is -1.92. The number of nitrogens with one attached hydrogen (secondary N) is 1. The van der Waals surface area contributed by atoms with Crippen molar-refractivity contribution in [1.29, 1.82) is 0 Å². The summed E-state index contributed by atoms with van der Waals surface area (Å²) in [6.07, 6.45) is -0.499. The van der Waals surface area contributed by atoms with E-state index >= 15 is 0 Å². The van der Waals surface area contributed by atoms with Crippen LogP contribution in [0.5, 0.6) is 0 Å². The summed E-state index contributed by atoms with van der Waals surface area (Å²) in [6, 6.07) is 7.48. The summed E-state index contributed by atoms with van der Waals surface area (Å²) in [5.74, 6) is -0.243. The first-order chi connectivity index (χ1) is 10.8. The molecule has 0 aliphatic heterocycles. The van der Waals surface area contributed by atoms with E-state index in [1.807, 2.05) is 24.3 Å². The summed E-state index contributed by atoms with van der Waals surface area (Å²) in [5.41, 5.74) is 6.55. The number of nitrogens with two attached hydrogens (primary N) is 1. The molecule has 6 nitrogen and oxygen atoms in total. The van der Waals surface area contributed by atoms with Gasteiger partial charge in [0.2, 0.25) is 0 Å². The zero-order chi connectivity index (χ0) is 17.0. The van der Waals surface area contributed by atoms with Crippen molar-refractivity contribution in [2.75, 3.05) is 13.1 Å². The molecule has 0 fully saturated rings. The van der Waals surface area contributed by atoms with Gasteiger partial charge in [0.15, 0.2) is 0 Å². The predicted molar refractivity (Wildman–Crippen MR) is 90.6 cm³/mol. The van der Waals surface area contributed by atoms with Crippen molar-refractivity contribution in [3.05, 3.63) is 35.0 Å². The fraction of sp³-hybridized carbons (Fsp3) is 0.438. The molecule has 0 bridgehead atoms. The van der Waals surface area contributed by atoms with Gasteiger partial charge in [0.05, 0.1) is 16.2 Å². The van der Waals surface area contributed by atoms with Crippen molar-refractivity contribution in [3.8, 4) is 0 Å². The number of aromatic nitrogens is 2. The Kier molecular flexibility index (Phi) is 5.38. The van der Waals surface area contributed by atoms with Gasteiger partial charge in [0.25, 0.3) is 0 Å². The number of rotatable bonds is 4. The van der Waals surface area contributed by atoms with Crippen molar-refractivity contribution in [2.24, 2.45) is 5.73 Å². The van der Waals surface area contributed by atoms with Crippen LogP contribution in [0.4, 0.5) is 4.79 Å². The number of ether oxygens (including phenoxy) is 1. The molecule has 2 rings (SSSR count). The number of fused-ring (bicyclic) bond motifs is 1. The highest BCUT2D eigenvalue weighted by Crippen LogP contribution is 2.28. The first kappa shape index (κ1) is 17.4. The molecular formula is C16H21ClN4O2. The fourth-order valence-corrected chi connectivity index (χ4v) is 2.46. The Balaban J connectivity index is 2.15. The minimum absolute atomic E-state index is 0.243. The molecule has 1 atom stereocenters. The lowest BCUT2D eigenvalue weighted by atomic mass is 10.0. The summed E-state index contributed by atoms with van der Waals surface area (Å²) in [6.45, 7) is 5.97. The van der Waals surface area contributed by atoms with E-state index in [-0.39, 0.29) is 19.0 Å². The molecule has 124 valence electrons. The number of carbonyl (C=O) groups excluding carboxylic acids is 1. The summed E-state index contributed by atoms with van der Waals surface area (Å²) in [5, 5.41) is 12.4. The Labute approximate surface area is 140 Å². The van der Waals surface area contributed by atoms with Crippen LogP contribution in [0.3, 0.4) is 0 Å². The van der Waals surface area contributed by atoms with Crippen LogP contribution < -0.4 is 11.1 Å². The Morgan fingerprint density at radius 3 is 2.70 bits per heavy atom. The van der Waals surface area contributed by atoms with Gasteiger partial charge in [0.1, 0.15) is 5.60 Å². The van der Waals surface area contributed by atoms with Gasteiger partial charge in [-0.25, -0.2) is 4.79 Å². The van der Waals surface area contributed by atoms with Gasteiger partial charge in [-0.3, -0.25) is 0 Å². The van der Waals surface area contributed by atoms with E-state index in [2.05, 4.69) is 15.5 Å². The lowest BCUT2D eigenvalue weighted by Crippen LogP contribution is -2.36. The van der Waals surface area contributed by atoms with E-state index in [1.54, 1.807) is 20.8 Å². The second-order valence-corrected chi connectivity index (χ2v) is 6.61. The van der Waals surface area contributed by atoms with Gasteiger partial charge >= 0.3 is 6.09 Å². The normalized spacial score (nSPS) is 12.9. The third-order valence-electron chi connectivity index (χ3n) is 3.19. The molecule has 0 aliphatic carbocycles. The van der Waals surface area contributed by atoms with Gasteiger partial charge in [-0.2, -0.15) is 10.2 Å². The summed E-state index contributed by atoms with van der Waals surface area (Å²) in [7, 11) is 0. The van der Waals surface area contributed by atoms with Crippen LogP contribution in [0, 0.1) is 0 Å². The predicted octanol–water partition coefficient (Wildman–Crippen LogP) is 2.85. The maximum Gasteiger partial charge on any atom is 0.407 e. The molecular weight excluding hydrogens is 316 g/mol. The molecule has 7 heteroatoms. The highest BCUT2D eigenvalue weighted by molar-refractivity contribution is 6.35. The zero-order valence-corrected chi connectivity index (χ0v) is 14.2. The van der Waals surface area contributed by atoms with Gasteiger partial charge in [-0.05, 0) is 26.8 Å². The molecule has 23 heavy (non-hydrogen) atoms. The number of alkyl carbamates (subject to hydrolysis) is 1. The number of benzene rings is 1. The fourth-order valence-electron chi connectivity index (χ4n) is 2.11. The van der Waals surface area contributed by atoms with E-state index in [0.29, 0.717) is 10.7 Å². The van der Waals surface area contributed by atoms with Crippen LogP contribution in [0.1, 0.15) is 32.4 Å². The average Bonchev–Trinajstić information content (AvgIpc) is 2.48. The lowest BCUT2D eigenvalue weighted by molar-refractivity contribution is 0.0524. The number of amides is 1. The second-order valence-electron chi connectivity index (χ2n) is 6.23. The number of nitrogens with zero attached hydrogens (tertiary/aromatic N) is 2. The SMILES string of the molecule is CC(C)(C)OC(=O)NCC(CN)c1nnc2ccccc2c1Cl. The number of halogens is 1. The standard InChI is InChI=1S/C16H21ClN4O2/c1-16(2,3)23-15(22)19-9-10(8-18)14-13(17)11-6-4-5-7-12(11)20-21-14/h4-7,10H,8-9,18H2,1-3H3,(H,19,22). The van der Waals surface area contributed by atoms with Crippen molar-refractivity contribution in [1.82, 2.24) is 15.5 Å². The van der Waals surface area contributed by atoms with Crippen LogP contribution in [0.25, 0.3) is 10.9 Å². The molecule has 1 unspecified atom stereocenters. The van der Waals surface area contributed by atoms with Crippen molar-refractivity contribution < 1.29 is 9.53 Å². The van der Waals surface area contributed by atoms with Gasteiger partial charge in [0, 0.05) is 24.4 Å². The number of hydrogen-bond acceptors (Lipinski definition) is 5. The summed E-state index contributed by atoms with van der Waals surface area (Å²) < 4.78 is 5.21. The second kappa shape index (κ2) is 7.10. The van der Waals surface area contributed by atoms with E-state index < -0.39 is 11.7 Å². The molecule has 2 aromatic rings. The molecule has 1 aromatic carbocycles. The van der Waals surface area contributed by atoms with Crippen LogP contribution in [0.15, 0.2) is 24.3 Å². The van der Waals surface area contributed by atoms with E-state index in [9.17, 15) is 4.79 Å². The largest absolute Gasteiger partial charge is 0.444 e. The highest BCUT2D eigenvalue weighted by Gasteiger charge is 2.21. The minimum Gasteiger partial charge on any atom is -0.444 e. The Bertz CT molecular complexity index is 700. The summed E-state index contributed by atoms with van der Waals surface area (Å²) in [4.78, 5) is 11.8. The molecule has 0 saturated carbocycles.